The molecule has 24 heavy (non-hydrogen) atoms. The Hall–Kier alpha value is -2.02. The van der Waals surface area contributed by atoms with E-state index < -0.39 is 40.1 Å². The third-order valence-corrected chi connectivity index (χ3v) is 4.77. The molecule has 0 spiro atoms. The molecule has 2 nitrogen and oxygen atoms in total. The summed E-state index contributed by atoms with van der Waals surface area (Å²) in [5.74, 6) is -6.55. The van der Waals surface area contributed by atoms with Crippen LogP contribution in [0.5, 0.6) is 0 Å². The van der Waals surface area contributed by atoms with Crippen LogP contribution in [0, 0.1) is 23.3 Å². The standard InChI is InChI=1S/C17H15F4NOS/c1-2-13(24-9-10-6-4-3-5-7-10)17(23)22-16-14(20)11(18)8-12(19)15(16)21/h3-8,13H,2,9H2,1H3,(H,22,23). The summed E-state index contributed by atoms with van der Waals surface area (Å²) >= 11 is 1.28. The van der Waals surface area contributed by atoms with Crippen molar-refractivity contribution in [1.29, 1.82) is 0 Å². The van der Waals surface area contributed by atoms with E-state index in [1.807, 2.05) is 35.6 Å². The Bertz CT molecular complexity index is 698. The van der Waals surface area contributed by atoms with Crippen LogP contribution < -0.4 is 5.32 Å². The summed E-state index contributed by atoms with van der Waals surface area (Å²) in [6.07, 6.45) is 0.393. The highest BCUT2D eigenvalue weighted by molar-refractivity contribution is 7.99. The number of benzene rings is 2. The molecule has 0 aromatic heterocycles. The van der Waals surface area contributed by atoms with Gasteiger partial charge in [-0.05, 0) is 12.0 Å². The highest BCUT2D eigenvalue weighted by atomic mass is 32.2. The summed E-state index contributed by atoms with van der Waals surface area (Å²) < 4.78 is 53.6. The predicted molar refractivity (Wildman–Crippen MR) is 86.7 cm³/mol. The van der Waals surface area contributed by atoms with Gasteiger partial charge in [0.25, 0.3) is 0 Å². The first-order chi connectivity index (χ1) is 11.4. The molecule has 0 aliphatic rings. The number of rotatable bonds is 6. The first-order valence-corrected chi connectivity index (χ1v) is 8.28. The second-order valence-corrected chi connectivity index (χ2v) is 6.22. The largest absolute Gasteiger partial charge is 0.320 e. The lowest BCUT2D eigenvalue weighted by atomic mass is 10.2. The molecule has 0 fully saturated rings. The molecule has 0 saturated carbocycles. The van der Waals surface area contributed by atoms with Crippen LogP contribution in [0.3, 0.4) is 0 Å². The first-order valence-electron chi connectivity index (χ1n) is 7.23. The Morgan fingerprint density at radius 1 is 1.08 bits per heavy atom. The van der Waals surface area contributed by atoms with Crippen molar-refractivity contribution in [1.82, 2.24) is 0 Å². The van der Waals surface area contributed by atoms with Crippen molar-refractivity contribution >= 4 is 23.4 Å². The predicted octanol–water partition coefficient (Wildman–Crippen LogP) is 4.89. The van der Waals surface area contributed by atoms with Crippen LogP contribution in [0.25, 0.3) is 0 Å². The van der Waals surface area contributed by atoms with Crippen LogP contribution in [0.2, 0.25) is 0 Å². The average molecular weight is 357 g/mol. The minimum atomic E-state index is -1.62. The fourth-order valence-electron chi connectivity index (χ4n) is 2.04. The van der Waals surface area contributed by atoms with Crippen molar-refractivity contribution in [2.75, 3.05) is 5.32 Å². The van der Waals surface area contributed by atoms with E-state index >= 15 is 0 Å². The molecule has 128 valence electrons. The van der Waals surface area contributed by atoms with Crippen molar-refractivity contribution in [2.24, 2.45) is 0 Å². The van der Waals surface area contributed by atoms with Gasteiger partial charge in [-0.3, -0.25) is 4.79 Å². The molecule has 0 bridgehead atoms. The number of amides is 1. The smallest absolute Gasteiger partial charge is 0.237 e. The summed E-state index contributed by atoms with van der Waals surface area (Å²) in [4.78, 5) is 12.2. The van der Waals surface area contributed by atoms with Crippen LogP contribution in [0.4, 0.5) is 23.2 Å². The summed E-state index contributed by atoms with van der Waals surface area (Å²) in [5.41, 5.74) is -0.112. The van der Waals surface area contributed by atoms with Gasteiger partial charge in [-0.25, -0.2) is 17.6 Å². The van der Waals surface area contributed by atoms with Gasteiger partial charge in [0.1, 0.15) is 5.69 Å². The van der Waals surface area contributed by atoms with E-state index in [0.29, 0.717) is 12.2 Å². The quantitative estimate of drug-likeness (QED) is 0.589. The Balaban J connectivity index is 2.10. The lowest BCUT2D eigenvalue weighted by molar-refractivity contribution is -0.115. The molecule has 0 aliphatic carbocycles. The van der Waals surface area contributed by atoms with Gasteiger partial charge in [0, 0.05) is 11.8 Å². The number of carbonyl (C=O) groups is 1. The van der Waals surface area contributed by atoms with Gasteiger partial charge in [-0.15, -0.1) is 11.8 Å². The molecule has 1 atom stereocenters. The maximum atomic E-state index is 13.6. The first kappa shape index (κ1) is 18.3. The van der Waals surface area contributed by atoms with E-state index in [4.69, 9.17) is 0 Å². The summed E-state index contributed by atoms with van der Waals surface area (Å²) in [7, 11) is 0. The van der Waals surface area contributed by atoms with Crippen molar-refractivity contribution in [2.45, 2.75) is 24.3 Å². The van der Waals surface area contributed by atoms with Crippen molar-refractivity contribution in [3.8, 4) is 0 Å². The molecule has 1 unspecified atom stereocenters. The number of carbonyl (C=O) groups excluding carboxylic acids is 1. The van der Waals surface area contributed by atoms with E-state index in [2.05, 4.69) is 0 Å². The van der Waals surface area contributed by atoms with E-state index in [9.17, 15) is 22.4 Å². The molecule has 0 radical (unpaired) electrons. The number of hydrogen-bond acceptors (Lipinski definition) is 2. The minimum Gasteiger partial charge on any atom is -0.320 e. The minimum absolute atomic E-state index is 0.0990. The van der Waals surface area contributed by atoms with Gasteiger partial charge in [0.05, 0.1) is 5.25 Å². The Morgan fingerprint density at radius 3 is 2.21 bits per heavy atom. The molecular weight excluding hydrogens is 342 g/mol. The molecule has 0 saturated heterocycles. The maximum absolute atomic E-state index is 13.6. The third-order valence-electron chi connectivity index (χ3n) is 3.32. The van der Waals surface area contributed by atoms with Crippen LogP contribution in [0.1, 0.15) is 18.9 Å². The van der Waals surface area contributed by atoms with Crippen LogP contribution >= 0.6 is 11.8 Å². The molecule has 0 heterocycles. The molecule has 2 aromatic rings. The highest BCUT2D eigenvalue weighted by Crippen LogP contribution is 2.26. The molecule has 0 aliphatic heterocycles. The van der Waals surface area contributed by atoms with Crippen molar-refractivity contribution < 1.29 is 22.4 Å². The lowest BCUT2D eigenvalue weighted by Gasteiger charge is -2.16. The SMILES string of the molecule is CCC(SCc1ccccc1)C(=O)Nc1c(F)c(F)cc(F)c1F. The van der Waals surface area contributed by atoms with Crippen LogP contribution in [-0.2, 0) is 10.5 Å². The van der Waals surface area contributed by atoms with E-state index in [1.165, 1.54) is 11.8 Å². The highest BCUT2D eigenvalue weighted by Gasteiger charge is 2.24. The van der Waals surface area contributed by atoms with E-state index in [1.54, 1.807) is 6.92 Å². The monoisotopic (exact) mass is 357 g/mol. The summed E-state index contributed by atoms with van der Waals surface area (Å²) in [5, 5.41) is 1.34. The fraction of sp³-hybridized carbons (Fsp3) is 0.235. The van der Waals surface area contributed by atoms with Crippen LogP contribution in [-0.4, -0.2) is 11.2 Å². The Kier molecular flexibility index (Phi) is 6.25. The van der Waals surface area contributed by atoms with E-state index in [0.717, 1.165) is 5.56 Å². The Labute approximate surface area is 141 Å². The second kappa shape index (κ2) is 8.19. The Morgan fingerprint density at radius 2 is 1.67 bits per heavy atom. The zero-order valence-corrected chi connectivity index (χ0v) is 13.6. The number of hydrogen-bond donors (Lipinski definition) is 1. The number of nitrogens with one attached hydrogen (secondary N) is 1. The van der Waals surface area contributed by atoms with E-state index in [-0.39, 0.29) is 6.07 Å². The number of anilines is 1. The normalized spacial score (nSPS) is 12.0. The molecule has 7 heteroatoms. The fourth-order valence-corrected chi connectivity index (χ4v) is 3.07. The maximum Gasteiger partial charge on any atom is 0.237 e. The van der Waals surface area contributed by atoms with Gasteiger partial charge in [-0.1, -0.05) is 37.3 Å². The lowest BCUT2D eigenvalue weighted by Crippen LogP contribution is -2.26. The molecule has 1 N–H and O–H groups in total. The zero-order chi connectivity index (χ0) is 17.7. The van der Waals surface area contributed by atoms with Gasteiger partial charge in [0.2, 0.25) is 5.91 Å². The van der Waals surface area contributed by atoms with Crippen LogP contribution in [0.15, 0.2) is 36.4 Å². The third kappa shape index (κ3) is 4.29. The van der Waals surface area contributed by atoms with Gasteiger partial charge >= 0.3 is 0 Å². The second-order valence-electron chi connectivity index (χ2n) is 5.03. The zero-order valence-electron chi connectivity index (χ0n) is 12.8. The molecule has 2 rings (SSSR count). The molecule has 2 aromatic carbocycles. The topological polar surface area (TPSA) is 29.1 Å². The number of thioether (sulfide) groups is 1. The van der Waals surface area contributed by atoms with Crippen molar-refractivity contribution in [3.05, 3.63) is 65.2 Å². The van der Waals surface area contributed by atoms with Crippen molar-refractivity contribution in [3.63, 3.8) is 0 Å². The van der Waals surface area contributed by atoms with Gasteiger partial charge in [0.15, 0.2) is 23.3 Å². The van der Waals surface area contributed by atoms with Gasteiger partial charge in [-0.2, -0.15) is 0 Å². The van der Waals surface area contributed by atoms with Gasteiger partial charge < -0.3 is 5.32 Å². The summed E-state index contributed by atoms with van der Waals surface area (Å²) in [6.45, 7) is 1.74. The number of halogens is 4. The molecule has 1 amide bonds. The molecular formula is C17H15F4NOS. The summed E-state index contributed by atoms with van der Waals surface area (Å²) in [6, 6.07) is 9.45. The average Bonchev–Trinajstić information content (AvgIpc) is 2.58.